The minimum Gasteiger partial charge on any atom is -0.359 e. The molecule has 0 bridgehead atoms. The summed E-state index contributed by atoms with van der Waals surface area (Å²) in [5.74, 6) is 1.17. The first-order valence-corrected chi connectivity index (χ1v) is 8.42. The minimum absolute atomic E-state index is 0.155. The summed E-state index contributed by atoms with van der Waals surface area (Å²) in [7, 11) is -3.64. The van der Waals surface area contributed by atoms with E-state index in [0.717, 1.165) is 32.4 Å². The van der Waals surface area contributed by atoms with Gasteiger partial charge in [0.25, 0.3) is 10.0 Å². The second-order valence-corrected chi connectivity index (χ2v) is 7.07. The van der Waals surface area contributed by atoms with Gasteiger partial charge in [0.05, 0.1) is 0 Å². The highest BCUT2D eigenvalue weighted by molar-refractivity contribution is 7.90. The fraction of sp³-hybridized carbons (Fsp3) is 0.571. The van der Waals surface area contributed by atoms with Gasteiger partial charge in [-0.3, -0.25) is 4.98 Å². The Morgan fingerprint density at radius 3 is 2.85 bits per heavy atom. The maximum Gasteiger partial charge on any atom is 0.285 e. The van der Waals surface area contributed by atoms with Gasteiger partial charge in [-0.05, 0) is 30.9 Å². The number of hydrogen-bond acceptors (Lipinski definition) is 3. The lowest BCUT2D eigenvalue weighted by Crippen LogP contribution is -2.38. The van der Waals surface area contributed by atoms with Gasteiger partial charge < -0.3 is 4.90 Å². The molecule has 0 amide bonds. The van der Waals surface area contributed by atoms with Gasteiger partial charge >= 0.3 is 0 Å². The Hall–Kier alpha value is -1.43. The molecule has 1 fully saturated rings. The van der Waals surface area contributed by atoms with Crippen molar-refractivity contribution in [2.24, 2.45) is 10.3 Å². The standard InChI is InChI=1S/C14H21N3O2S/c1-12(2)11-17-9-4-3-7-14(17)16-20(18,19)13-6-5-8-15-10-13/h5-6,8,10,12H,3-4,7,9,11H2,1-2H3/b16-14+. The molecular formula is C14H21N3O2S. The third-order valence-electron chi connectivity index (χ3n) is 3.19. The van der Waals surface area contributed by atoms with Gasteiger partial charge in [0.1, 0.15) is 10.7 Å². The topological polar surface area (TPSA) is 62.6 Å². The summed E-state index contributed by atoms with van der Waals surface area (Å²) in [6.07, 6.45) is 5.72. The van der Waals surface area contributed by atoms with Crippen molar-refractivity contribution < 1.29 is 8.42 Å². The van der Waals surface area contributed by atoms with Gasteiger partial charge in [-0.1, -0.05) is 13.8 Å². The molecule has 20 heavy (non-hydrogen) atoms. The summed E-state index contributed by atoms with van der Waals surface area (Å²) >= 11 is 0. The molecule has 2 heterocycles. The molecule has 110 valence electrons. The molecule has 0 saturated carbocycles. The highest BCUT2D eigenvalue weighted by Crippen LogP contribution is 2.18. The third kappa shape index (κ3) is 3.79. The Morgan fingerprint density at radius 1 is 1.40 bits per heavy atom. The SMILES string of the molecule is CC(C)CN1CCCC/C1=N\S(=O)(=O)c1cccnc1. The van der Waals surface area contributed by atoms with Crippen molar-refractivity contribution in [1.82, 2.24) is 9.88 Å². The van der Waals surface area contributed by atoms with Gasteiger partial charge in [-0.15, -0.1) is 4.40 Å². The van der Waals surface area contributed by atoms with Crippen LogP contribution in [0.25, 0.3) is 0 Å². The van der Waals surface area contributed by atoms with E-state index < -0.39 is 10.0 Å². The van der Waals surface area contributed by atoms with Crippen LogP contribution in [-0.4, -0.2) is 37.2 Å². The van der Waals surface area contributed by atoms with Crippen LogP contribution >= 0.6 is 0 Å². The smallest absolute Gasteiger partial charge is 0.285 e. The number of amidine groups is 1. The zero-order valence-electron chi connectivity index (χ0n) is 12.0. The number of likely N-dealkylation sites (tertiary alicyclic amines) is 1. The summed E-state index contributed by atoms with van der Waals surface area (Å²) in [6.45, 7) is 5.99. The van der Waals surface area contributed by atoms with Gasteiger partial charge in [0.15, 0.2) is 0 Å². The molecule has 0 aromatic carbocycles. The molecule has 1 aliphatic rings. The second kappa shape index (κ2) is 6.35. The molecule has 1 aromatic heterocycles. The van der Waals surface area contributed by atoms with E-state index in [0.29, 0.717) is 11.8 Å². The zero-order chi connectivity index (χ0) is 14.6. The largest absolute Gasteiger partial charge is 0.359 e. The van der Waals surface area contributed by atoms with Crippen LogP contribution in [0.15, 0.2) is 33.8 Å². The predicted octanol–water partition coefficient (Wildman–Crippen LogP) is 2.31. The summed E-state index contributed by atoms with van der Waals surface area (Å²) in [4.78, 5) is 6.10. The lowest BCUT2D eigenvalue weighted by molar-refractivity contribution is 0.331. The van der Waals surface area contributed by atoms with Crippen LogP contribution in [0.4, 0.5) is 0 Å². The van der Waals surface area contributed by atoms with Crippen molar-refractivity contribution >= 4 is 15.9 Å². The molecule has 0 radical (unpaired) electrons. The zero-order valence-corrected chi connectivity index (χ0v) is 12.8. The van der Waals surface area contributed by atoms with Crippen LogP contribution in [0.5, 0.6) is 0 Å². The van der Waals surface area contributed by atoms with Crippen LogP contribution in [0.1, 0.15) is 33.1 Å². The predicted molar refractivity (Wildman–Crippen MR) is 79.1 cm³/mol. The highest BCUT2D eigenvalue weighted by atomic mass is 32.2. The van der Waals surface area contributed by atoms with E-state index in [1.165, 1.54) is 12.3 Å². The molecule has 2 rings (SSSR count). The Kier molecular flexibility index (Phi) is 4.75. The van der Waals surface area contributed by atoms with E-state index in [9.17, 15) is 8.42 Å². The lowest BCUT2D eigenvalue weighted by Gasteiger charge is -2.31. The Morgan fingerprint density at radius 2 is 2.20 bits per heavy atom. The maximum absolute atomic E-state index is 12.3. The number of hydrogen-bond donors (Lipinski definition) is 0. The fourth-order valence-electron chi connectivity index (χ4n) is 2.30. The first-order valence-electron chi connectivity index (χ1n) is 6.98. The molecular weight excluding hydrogens is 274 g/mol. The normalized spacial score (nSPS) is 18.8. The van der Waals surface area contributed by atoms with Crippen LogP contribution in [0, 0.1) is 5.92 Å². The Bertz CT molecular complexity index is 567. The average Bonchev–Trinajstić information content (AvgIpc) is 2.41. The molecule has 0 atom stereocenters. The van der Waals surface area contributed by atoms with Crippen LogP contribution in [0.3, 0.4) is 0 Å². The van der Waals surface area contributed by atoms with Gasteiger partial charge in [0.2, 0.25) is 0 Å². The molecule has 0 aliphatic carbocycles. The van der Waals surface area contributed by atoms with Crippen LogP contribution in [0.2, 0.25) is 0 Å². The number of sulfonamides is 1. The van der Waals surface area contributed by atoms with E-state index in [1.54, 1.807) is 12.3 Å². The molecule has 1 aromatic rings. The van der Waals surface area contributed by atoms with Crippen LogP contribution < -0.4 is 0 Å². The van der Waals surface area contributed by atoms with Crippen molar-refractivity contribution in [2.75, 3.05) is 13.1 Å². The van der Waals surface area contributed by atoms with Crippen molar-refractivity contribution in [3.8, 4) is 0 Å². The number of nitrogens with zero attached hydrogens (tertiary/aromatic N) is 3. The van der Waals surface area contributed by atoms with Crippen molar-refractivity contribution in [3.63, 3.8) is 0 Å². The molecule has 1 aliphatic heterocycles. The lowest BCUT2D eigenvalue weighted by atomic mass is 10.1. The van der Waals surface area contributed by atoms with E-state index >= 15 is 0 Å². The summed E-state index contributed by atoms with van der Waals surface area (Å²) < 4.78 is 28.6. The van der Waals surface area contributed by atoms with Gasteiger partial charge in [0, 0.05) is 31.9 Å². The van der Waals surface area contributed by atoms with Gasteiger partial charge in [-0.2, -0.15) is 8.42 Å². The summed E-state index contributed by atoms with van der Waals surface area (Å²) in [5.41, 5.74) is 0. The minimum atomic E-state index is -3.64. The van der Waals surface area contributed by atoms with Crippen molar-refractivity contribution in [2.45, 2.75) is 38.0 Å². The highest BCUT2D eigenvalue weighted by Gasteiger charge is 2.21. The summed E-state index contributed by atoms with van der Waals surface area (Å²) in [5, 5.41) is 0. The summed E-state index contributed by atoms with van der Waals surface area (Å²) in [6, 6.07) is 3.14. The number of piperidine rings is 1. The fourth-order valence-corrected chi connectivity index (χ4v) is 3.34. The Labute approximate surface area is 120 Å². The number of aromatic nitrogens is 1. The van der Waals surface area contributed by atoms with Crippen molar-refractivity contribution in [3.05, 3.63) is 24.5 Å². The quantitative estimate of drug-likeness (QED) is 0.855. The molecule has 0 unspecified atom stereocenters. The molecule has 0 N–H and O–H groups in total. The van der Waals surface area contributed by atoms with E-state index in [2.05, 4.69) is 28.1 Å². The monoisotopic (exact) mass is 295 g/mol. The first kappa shape index (κ1) is 15.0. The molecule has 0 spiro atoms. The Balaban J connectivity index is 2.27. The number of rotatable bonds is 4. The van der Waals surface area contributed by atoms with E-state index in [-0.39, 0.29) is 4.90 Å². The van der Waals surface area contributed by atoms with E-state index in [4.69, 9.17) is 0 Å². The molecule has 6 heteroatoms. The third-order valence-corrected chi connectivity index (χ3v) is 4.48. The average molecular weight is 295 g/mol. The van der Waals surface area contributed by atoms with Gasteiger partial charge in [-0.25, -0.2) is 0 Å². The molecule has 1 saturated heterocycles. The maximum atomic E-state index is 12.3. The van der Waals surface area contributed by atoms with E-state index in [1.807, 2.05) is 0 Å². The first-order chi connectivity index (χ1) is 9.49. The molecule has 5 nitrogen and oxygen atoms in total. The van der Waals surface area contributed by atoms with Crippen LogP contribution in [-0.2, 0) is 10.0 Å². The van der Waals surface area contributed by atoms with Crippen molar-refractivity contribution in [1.29, 1.82) is 0 Å². The number of pyridine rings is 1. The second-order valence-electron chi connectivity index (χ2n) is 5.47.